The zero-order chi connectivity index (χ0) is 18.1. The summed E-state index contributed by atoms with van der Waals surface area (Å²) in [6.45, 7) is 7.50. The minimum atomic E-state index is -0.893. The van der Waals surface area contributed by atoms with Crippen LogP contribution in [0.2, 0.25) is 0 Å². The molecule has 3 rings (SSSR count). The van der Waals surface area contributed by atoms with Crippen molar-refractivity contribution in [2.45, 2.75) is 70.4 Å². The van der Waals surface area contributed by atoms with Crippen LogP contribution in [0.5, 0.6) is 0 Å². The Labute approximate surface area is 151 Å². The highest BCUT2D eigenvalue weighted by atomic mass is 16.4. The fraction of sp³-hybridized carbons (Fsp3) is 0.667. The third kappa shape index (κ3) is 4.17. The molecule has 1 aromatic rings. The predicted molar refractivity (Wildman–Crippen MR) is 101 cm³/mol. The number of amides is 1. The van der Waals surface area contributed by atoms with E-state index in [-0.39, 0.29) is 11.0 Å². The van der Waals surface area contributed by atoms with Crippen molar-refractivity contribution in [3.8, 4) is 0 Å². The molecular formula is C21H32N2O2. The fourth-order valence-electron chi connectivity index (χ4n) is 4.45. The van der Waals surface area contributed by atoms with Crippen molar-refractivity contribution in [1.82, 2.24) is 10.6 Å². The van der Waals surface area contributed by atoms with Gasteiger partial charge in [0.1, 0.15) is 0 Å². The molecule has 2 fully saturated rings. The van der Waals surface area contributed by atoms with Crippen molar-refractivity contribution in [3.05, 3.63) is 35.9 Å². The van der Waals surface area contributed by atoms with Crippen LogP contribution in [-0.4, -0.2) is 29.3 Å². The average Bonchev–Trinajstić information content (AvgIpc) is 3.33. The highest BCUT2D eigenvalue weighted by Gasteiger charge is 2.46. The van der Waals surface area contributed by atoms with Crippen molar-refractivity contribution in [1.29, 1.82) is 0 Å². The maximum absolute atomic E-state index is 11.3. The lowest BCUT2D eigenvalue weighted by molar-refractivity contribution is 0.0673. The van der Waals surface area contributed by atoms with Gasteiger partial charge in [-0.05, 0) is 55.5 Å². The number of hydrogen-bond donors (Lipinski definition) is 3. The van der Waals surface area contributed by atoms with Gasteiger partial charge in [-0.3, -0.25) is 0 Å². The largest absolute Gasteiger partial charge is 0.465 e. The first kappa shape index (κ1) is 18.2. The van der Waals surface area contributed by atoms with Crippen molar-refractivity contribution >= 4 is 6.09 Å². The second kappa shape index (κ2) is 6.99. The topological polar surface area (TPSA) is 61.4 Å². The number of rotatable bonds is 5. The monoisotopic (exact) mass is 344 g/mol. The second-order valence-electron chi connectivity index (χ2n) is 8.97. The van der Waals surface area contributed by atoms with Crippen LogP contribution in [0, 0.1) is 11.3 Å². The standard InChI is InChI=1S/C21H32N2O2/c1-20(2,3)21(23-19(24)25)11-9-15(10-12-21)14-22-18-13-17(18)16-7-5-4-6-8-16/h4-8,15,17-18,22-23H,9-14H2,1-3H3,(H,24,25)/t15-,17-,18+,21-/m0/s1. The van der Waals surface area contributed by atoms with Crippen molar-refractivity contribution in [3.63, 3.8) is 0 Å². The molecule has 2 saturated carbocycles. The quantitative estimate of drug-likeness (QED) is 0.743. The van der Waals surface area contributed by atoms with E-state index in [0.717, 1.165) is 32.2 Å². The van der Waals surface area contributed by atoms with Crippen molar-refractivity contribution in [2.75, 3.05) is 6.54 Å². The van der Waals surface area contributed by atoms with Crippen LogP contribution in [0.4, 0.5) is 4.79 Å². The summed E-state index contributed by atoms with van der Waals surface area (Å²) in [5.74, 6) is 1.33. The molecule has 0 heterocycles. The van der Waals surface area contributed by atoms with Crippen LogP contribution in [0.1, 0.15) is 64.4 Å². The van der Waals surface area contributed by atoms with Crippen LogP contribution in [0.3, 0.4) is 0 Å². The fourth-order valence-corrected chi connectivity index (χ4v) is 4.45. The van der Waals surface area contributed by atoms with Crippen LogP contribution >= 0.6 is 0 Å². The highest BCUT2D eigenvalue weighted by Crippen LogP contribution is 2.44. The molecule has 4 heteroatoms. The van der Waals surface area contributed by atoms with Gasteiger partial charge in [-0.1, -0.05) is 51.1 Å². The molecule has 0 aromatic heterocycles. The van der Waals surface area contributed by atoms with Crippen LogP contribution in [-0.2, 0) is 0 Å². The Balaban J connectivity index is 1.47. The zero-order valence-corrected chi connectivity index (χ0v) is 15.7. The summed E-state index contributed by atoms with van der Waals surface area (Å²) >= 11 is 0. The average molecular weight is 344 g/mol. The summed E-state index contributed by atoms with van der Waals surface area (Å²) in [5, 5.41) is 15.9. The zero-order valence-electron chi connectivity index (χ0n) is 15.7. The highest BCUT2D eigenvalue weighted by molar-refractivity contribution is 5.65. The minimum absolute atomic E-state index is 0.0569. The number of hydrogen-bond acceptors (Lipinski definition) is 2. The van der Waals surface area contributed by atoms with E-state index in [2.05, 4.69) is 61.7 Å². The molecule has 2 atom stereocenters. The summed E-state index contributed by atoms with van der Waals surface area (Å²) in [4.78, 5) is 11.3. The molecular weight excluding hydrogens is 312 g/mol. The maximum Gasteiger partial charge on any atom is 0.405 e. The lowest BCUT2D eigenvalue weighted by atomic mass is 9.63. The smallest absolute Gasteiger partial charge is 0.405 e. The SMILES string of the molecule is CC(C)(C)[C@]1(NC(=O)O)CC[C@H](CN[C@@H]2C[C@H]2c2ccccc2)CC1. The Kier molecular flexibility index (Phi) is 5.10. The van der Waals surface area contributed by atoms with Gasteiger partial charge in [0, 0.05) is 17.5 Å². The molecule has 4 nitrogen and oxygen atoms in total. The Morgan fingerprint density at radius 3 is 2.40 bits per heavy atom. The van der Waals surface area contributed by atoms with Gasteiger partial charge in [0.2, 0.25) is 0 Å². The first-order chi connectivity index (χ1) is 11.8. The molecule has 2 aliphatic rings. The molecule has 1 aromatic carbocycles. The van der Waals surface area contributed by atoms with Gasteiger partial charge >= 0.3 is 6.09 Å². The molecule has 25 heavy (non-hydrogen) atoms. The number of carbonyl (C=O) groups is 1. The van der Waals surface area contributed by atoms with E-state index in [9.17, 15) is 9.90 Å². The molecule has 0 radical (unpaired) electrons. The predicted octanol–water partition coefficient (Wildman–Crippen LogP) is 4.37. The summed E-state index contributed by atoms with van der Waals surface area (Å²) in [6, 6.07) is 11.4. The van der Waals surface area contributed by atoms with E-state index < -0.39 is 6.09 Å². The first-order valence-electron chi connectivity index (χ1n) is 9.60. The molecule has 2 aliphatic carbocycles. The van der Waals surface area contributed by atoms with Gasteiger partial charge in [-0.2, -0.15) is 0 Å². The van der Waals surface area contributed by atoms with Gasteiger partial charge in [0.15, 0.2) is 0 Å². The number of nitrogens with one attached hydrogen (secondary N) is 2. The Bertz CT molecular complexity index is 586. The van der Waals surface area contributed by atoms with E-state index >= 15 is 0 Å². The number of carboxylic acid groups (broad SMARTS) is 1. The lowest BCUT2D eigenvalue weighted by Gasteiger charge is -2.49. The third-order valence-corrected chi connectivity index (χ3v) is 6.43. The Morgan fingerprint density at radius 1 is 1.20 bits per heavy atom. The molecule has 3 N–H and O–H groups in total. The molecule has 0 unspecified atom stereocenters. The summed E-state index contributed by atoms with van der Waals surface area (Å²) in [6.07, 6.45) is 4.39. The summed E-state index contributed by atoms with van der Waals surface area (Å²) in [5.41, 5.74) is 1.10. The van der Waals surface area contributed by atoms with Gasteiger partial charge in [0.05, 0.1) is 0 Å². The third-order valence-electron chi connectivity index (χ3n) is 6.43. The van der Waals surface area contributed by atoms with E-state index in [1.54, 1.807) is 0 Å². The summed E-state index contributed by atoms with van der Waals surface area (Å²) < 4.78 is 0. The van der Waals surface area contributed by atoms with Crippen molar-refractivity contribution < 1.29 is 9.90 Å². The van der Waals surface area contributed by atoms with E-state index in [1.807, 2.05) is 0 Å². The molecule has 0 bridgehead atoms. The molecule has 0 saturated heterocycles. The molecule has 0 aliphatic heterocycles. The minimum Gasteiger partial charge on any atom is -0.465 e. The second-order valence-corrected chi connectivity index (χ2v) is 8.97. The van der Waals surface area contributed by atoms with Gasteiger partial charge in [-0.15, -0.1) is 0 Å². The normalized spacial score (nSPS) is 32.2. The molecule has 138 valence electrons. The van der Waals surface area contributed by atoms with E-state index in [0.29, 0.717) is 17.9 Å². The summed E-state index contributed by atoms with van der Waals surface area (Å²) in [7, 11) is 0. The molecule has 1 amide bonds. The van der Waals surface area contributed by atoms with Gasteiger partial charge < -0.3 is 15.7 Å². The van der Waals surface area contributed by atoms with Crippen molar-refractivity contribution in [2.24, 2.45) is 11.3 Å². The first-order valence-corrected chi connectivity index (χ1v) is 9.60. The van der Waals surface area contributed by atoms with Gasteiger partial charge in [-0.25, -0.2) is 4.79 Å². The maximum atomic E-state index is 11.3. The van der Waals surface area contributed by atoms with E-state index in [4.69, 9.17) is 0 Å². The Morgan fingerprint density at radius 2 is 1.84 bits per heavy atom. The lowest BCUT2D eigenvalue weighted by Crippen LogP contribution is -2.58. The van der Waals surface area contributed by atoms with Crippen LogP contribution in [0.15, 0.2) is 30.3 Å². The van der Waals surface area contributed by atoms with E-state index in [1.165, 1.54) is 12.0 Å². The Hall–Kier alpha value is -1.55. The van der Waals surface area contributed by atoms with Gasteiger partial charge in [0.25, 0.3) is 0 Å². The molecule has 0 spiro atoms. The van der Waals surface area contributed by atoms with Crippen LogP contribution < -0.4 is 10.6 Å². The number of benzene rings is 1. The van der Waals surface area contributed by atoms with Crippen LogP contribution in [0.25, 0.3) is 0 Å².